The number of rotatable bonds is 4. The van der Waals surface area contributed by atoms with Gasteiger partial charge in [0.2, 0.25) is 0 Å². The number of aromatic nitrogens is 3. The van der Waals surface area contributed by atoms with Gasteiger partial charge in [0, 0.05) is 24.9 Å². The lowest BCUT2D eigenvalue weighted by atomic mass is 10.1. The van der Waals surface area contributed by atoms with Gasteiger partial charge in [0.25, 0.3) is 0 Å². The van der Waals surface area contributed by atoms with Crippen molar-refractivity contribution >= 4 is 9.84 Å². The number of ether oxygens (including phenoxy) is 1. The largest absolute Gasteiger partial charge is 0.496 e. The Kier molecular flexibility index (Phi) is 4.07. The summed E-state index contributed by atoms with van der Waals surface area (Å²) in [5, 5.41) is 10.6. The van der Waals surface area contributed by atoms with Gasteiger partial charge in [-0.05, 0) is 18.2 Å². The zero-order valence-electron chi connectivity index (χ0n) is 12.7. The SMILES string of the molecule is COc1ccc(F)cc1-c1cn([C@@H]2CNC[C@H]2S(C)(=O)=O)nn1. The molecule has 1 aromatic heterocycles. The molecule has 0 aliphatic carbocycles. The minimum atomic E-state index is -3.21. The third kappa shape index (κ3) is 3.06. The van der Waals surface area contributed by atoms with Crippen LogP contribution < -0.4 is 10.1 Å². The van der Waals surface area contributed by atoms with E-state index < -0.39 is 20.9 Å². The molecule has 2 heterocycles. The Bertz CT molecular complexity index is 821. The number of nitrogens with zero attached hydrogens (tertiary/aromatic N) is 3. The van der Waals surface area contributed by atoms with E-state index in [2.05, 4.69) is 15.6 Å². The van der Waals surface area contributed by atoms with Crippen molar-refractivity contribution in [2.24, 2.45) is 0 Å². The van der Waals surface area contributed by atoms with Crippen LogP contribution in [0.1, 0.15) is 6.04 Å². The monoisotopic (exact) mass is 340 g/mol. The molecule has 1 fully saturated rings. The van der Waals surface area contributed by atoms with E-state index >= 15 is 0 Å². The fourth-order valence-corrected chi connectivity index (χ4v) is 4.00. The molecule has 1 N–H and O–H groups in total. The Morgan fingerprint density at radius 3 is 2.87 bits per heavy atom. The number of methoxy groups -OCH3 is 1. The van der Waals surface area contributed by atoms with Crippen molar-refractivity contribution in [2.45, 2.75) is 11.3 Å². The summed E-state index contributed by atoms with van der Waals surface area (Å²) in [5.74, 6) is 0.0644. The van der Waals surface area contributed by atoms with Crippen molar-refractivity contribution < 1.29 is 17.5 Å². The lowest BCUT2D eigenvalue weighted by Crippen LogP contribution is -2.30. The molecule has 1 aliphatic heterocycles. The van der Waals surface area contributed by atoms with Crippen LogP contribution in [0.3, 0.4) is 0 Å². The second kappa shape index (κ2) is 5.89. The summed E-state index contributed by atoms with van der Waals surface area (Å²) in [6.07, 6.45) is 2.83. The predicted octanol–water partition coefficient (Wildman–Crippen LogP) is 0.650. The average Bonchev–Trinajstić information content (AvgIpc) is 3.15. The summed E-state index contributed by atoms with van der Waals surface area (Å²) in [4.78, 5) is 0. The molecule has 7 nitrogen and oxygen atoms in total. The van der Waals surface area contributed by atoms with E-state index in [1.54, 1.807) is 6.20 Å². The summed E-state index contributed by atoms with van der Waals surface area (Å²) < 4.78 is 44.0. The van der Waals surface area contributed by atoms with Crippen LogP contribution in [0.25, 0.3) is 11.3 Å². The van der Waals surface area contributed by atoms with Gasteiger partial charge >= 0.3 is 0 Å². The molecular weight excluding hydrogens is 323 g/mol. The molecule has 124 valence electrons. The highest BCUT2D eigenvalue weighted by molar-refractivity contribution is 7.91. The maximum Gasteiger partial charge on any atom is 0.153 e. The van der Waals surface area contributed by atoms with Crippen molar-refractivity contribution in [3.8, 4) is 17.0 Å². The topological polar surface area (TPSA) is 86.1 Å². The van der Waals surface area contributed by atoms with Crippen molar-refractivity contribution in [3.63, 3.8) is 0 Å². The summed E-state index contributed by atoms with van der Waals surface area (Å²) >= 11 is 0. The molecule has 2 atom stereocenters. The zero-order valence-corrected chi connectivity index (χ0v) is 13.5. The predicted molar refractivity (Wildman–Crippen MR) is 82.5 cm³/mol. The lowest BCUT2D eigenvalue weighted by Gasteiger charge is -2.16. The second-order valence-corrected chi connectivity index (χ2v) is 7.79. The first-order chi connectivity index (χ1) is 10.9. The fourth-order valence-electron chi connectivity index (χ4n) is 2.78. The smallest absolute Gasteiger partial charge is 0.153 e. The van der Waals surface area contributed by atoms with Crippen LogP contribution in [-0.2, 0) is 9.84 Å². The zero-order chi connectivity index (χ0) is 16.6. The second-order valence-electron chi connectivity index (χ2n) is 5.52. The molecule has 0 radical (unpaired) electrons. The van der Waals surface area contributed by atoms with Crippen LogP contribution in [0, 0.1) is 5.82 Å². The Hall–Kier alpha value is -2.00. The maximum absolute atomic E-state index is 13.5. The highest BCUT2D eigenvalue weighted by Crippen LogP contribution is 2.30. The fraction of sp³-hybridized carbons (Fsp3) is 0.429. The van der Waals surface area contributed by atoms with Gasteiger partial charge in [-0.1, -0.05) is 5.21 Å². The van der Waals surface area contributed by atoms with Crippen LogP contribution in [0.5, 0.6) is 5.75 Å². The molecule has 2 aromatic rings. The number of hydrogen-bond donors (Lipinski definition) is 1. The van der Waals surface area contributed by atoms with Crippen molar-refractivity contribution in [1.82, 2.24) is 20.3 Å². The molecule has 0 spiro atoms. The minimum absolute atomic E-state index is 0.342. The van der Waals surface area contributed by atoms with Gasteiger partial charge < -0.3 is 10.1 Å². The summed E-state index contributed by atoms with van der Waals surface area (Å²) in [6.45, 7) is 0.864. The number of halogens is 1. The van der Waals surface area contributed by atoms with Crippen molar-refractivity contribution in [1.29, 1.82) is 0 Å². The first-order valence-corrected chi connectivity index (χ1v) is 9.01. The van der Waals surface area contributed by atoms with E-state index in [9.17, 15) is 12.8 Å². The highest BCUT2D eigenvalue weighted by atomic mass is 32.2. The Labute approximate surface area is 133 Å². The van der Waals surface area contributed by atoms with Crippen LogP contribution in [0.15, 0.2) is 24.4 Å². The lowest BCUT2D eigenvalue weighted by molar-refractivity contribution is 0.415. The number of nitrogens with one attached hydrogen (secondary N) is 1. The maximum atomic E-state index is 13.5. The third-order valence-electron chi connectivity index (χ3n) is 3.97. The summed E-state index contributed by atoms with van der Waals surface area (Å²) in [7, 11) is -1.72. The minimum Gasteiger partial charge on any atom is -0.496 e. The van der Waals surface area contributed by atoms with E-state index in [0.717, 1.165) is 0 Å². The van der Waals surface area contributed by atoms with Gasteiger partial charge in [0.05, 0.1) is 24.6 Å². The average molecular weight is 340 g/mol. The normalized spacial score (nSPS) is 21.5. The number of benzene rings is 1. The summed E-state index contributed by atoms with van der Waals surface area (Å²) in [5.41, 5.74) is 0.904. The quantitative estimate of drug-likeness (QED) is 0.879. The van der Waals surface area contributed by atoms with Crippen molar-refractivity contribution in [3.05, 3.63) is 30.2 Å². The van der Waals surface area contributed by atoms with Gasteiger partial charge in [-0.25, -0.2) is 17.5 Å². The Morgan fingerprint density at radius 2 is 2.17 bits per heavy atom. The van der Waals surface area contributed by atoms with E-state index in [-0.39, 0.29) is 6.04 Å². The van der Waals surface area contributed by atoms with Crippen molar-refractivity contribution in [2.75, 3.05) is 26.5 Å². The van der Waals surface area contributed by atoms with Gasteiger partial charge in [0.15, 0.2) is 9.84 Å². The molecule has 9 heteroatoms. The van der Waals surface area contributed by atoms with E-state index in [0.29, 0.717) is 30.1 Å². The van der Waals surface area contributed by atoms with E-state index in [1.807, 2.05) is 0 Å². The Morgan fingerprint density at radius 1 is 1.39 bits per heavy atom. The van der Waals surface area contributed by atoms with E-state index in [1.165, 1.54) is 36.2 Å². The first-order valence-electron chi connectivity index (χ1n) is 7.05. The molecule has 1 aromatic carbocycles. The number of sulfone groups is 1. The van der Waals surface area contributed by atoms with Gasteiger partial charge in [-0.15, -0.1) is 5.10 Å². The van der Waals surface area contributed by atoms with Gasteiger partial charge in [0.1, 0.15) is 17.3 Å². The Balaban J connectivity index is 1.97. The standard InChI is InChI=1S/C14H17FN4O3S/c1-22-13-4-3-9(15)5-10(13)11-8-19(18-17-11)12-6-16-7-14(12)23(2,20)21/h3-5,8,12,14,16H,6-7H2,1-2H3/t12-,14-/m1/s1. The molecule has 3 rings (SSSR count). The molecule has 0 saturated carbocycles. The molecule has 23 heavy (non-hydrogen) atoms. The van der Waals surface area contributed by atoms with Crippen LogP contribution in [-0.4, -0.2) is 55.1 Å². The van der Waals surface area contributed by atoms with Crippen LogP contribution in [0.4, 0.5) is 4.39 Å². The number of hydrogen-bond acceptors (Lipinski definition) is 6. The highest BCUT2D eigenvalue weighted by Gasteiger charge is 2.36. The molecular formula is C14H17FN4O3S. The molecule has 0 unspecified atom stereocenters. The van der Waals surface area contributed by atoms with E-state index in [4.69, 9.17) is 4.74 Å². The van der Waals surface area contributed by atoms with Gasteiger partial charge in [-0.2, -0.15) is 0 Å². The molecule has 1 saturated heterocycles. The summed E-state index contributed by atoms with van der Waals surface area (Å²) in [6, 6.07) is 3.78. The molecule has 0 amide bonds. The molecule has 0 bridgehead atoms. The van der Waals surface area contributed by atoms with Crippen LogP contribution in [0.2, 0.25) is 0 Å². The van der Waals surface area contributed by atoms with Crippen LogP contribution >= 0.6 is 0 Å². The molecule has 1 aliphatic rings. The third-order valence-corrected chi connectivity index (χ3v) is 5.55. The first kappa shape index (κ1) is 15.9. The van der Waals surface area contributed by atoms with Gasteiger partial charge in [-0.3, -0.25) is 0 Å².